The molecule has 0 aliphatic carbocycles. The van der Waals surface area contributed by atoms with Gasteiger partial charge in [0.25, 0.3) is 0 Å². The minimum absolute atomic E-state index is 0.0228. The Kier molecular flexibility index (Phi) is 8.71. The smallest absolute Gasteiger partial charge is 0.326 e. The van der Waals surface area contributed by atoms with E-state index < -0.39 is 22.0 Å². The van der Waals surface area contributed by atoms with E-state index in [9.17, 15) is 13.2 Å². The van der Waals surface area contributed by atoms with Crippen LogP contribution in [0, 0.1) is 0 Å². The molecule has 152 valence electrons. The van der Waals surface area contributed by atoms with Crippen molar-refractivity contribution in [3.05, 3.63) is 53.6 Å². The number of nitrogens with one attached hydrogen (secondary N) is 1. The van der Waals surface area contributed by atoms with Crippen molar-refractivity contribution in [1.82, 2.24) is 4.72 Å². The molecule has 0 saturated heterocycles. The summed E-state index contributed by atoms with van der Waals surface area (Å²) in [6.45, 7) is 0.182. The Bertz CT molecular complexity index is 874. The van der Waals surface area contributed by atoms with Gasteiger partial charge in [0, 0.05) is 10.4 Å². The maximum absolute atomic E-state index is 12.6. The molecular weight excluding hydrogens is 474 g/mol. The molecule has 1 N–H and O–H groups in total. The van der Waals surface area contributed by atoms with Gasteiger partial charge in [-0.05, 0) is 48.5 Å². The van der Waals surface area contributed by atoms with Crippen LogP contribution in [0.3, 0.4) is 0 Å². The van der Waals surface area contributed by atoms with Gasteiger partial charge in [-0.2, -0.15) is 4.72 Å². The highest BCUT2D eigenvalue weighted by Crippen LogP contribution is 2.24. The third kappa shape index (κ3) is 6.75. The lowest BCUT2D eigenvalue weighted by molar-refractivity contribution is -0.144. The van der Waals surface area contributed by atoms with Crippen molar-refractivity contribution in [2.24, 2.45) is 0 Å². The quantitative estimate of drug-likeness (QED) is 0.311. The fourth-order valence-corrected chi connectivity index (χ4v) is 3.65. The summed E-state index contributed by atoms with van der Waals surface area (Å²) in [5, 5.41) is 1.14. The lowest BCUT2D eigenvalue weighted by Gasteiger charge is -2.16. The number of benzene rings is 2. The highest BCUT2D eigenvalue weighted by molar-refractivity contribution is 9.09. The van der Waals surface area contributed by atoms with Crippen LogP contribution in [0.25, 0.3) is 0 Å². The Balaban J connectivity index is 2.08. The van der Waals surface area contributed by atoms with E-state index in [1.165, 1.54) is 31.4 Å². The summed E-state index contributed by atoms with van der Waals surface area (Å²) >= 11 is 9.01. The number of hydrogen-bond acceptors (Lipinski definition) is 6. The average molecular weight is 493 g/mol. The molecule has 0 aliphatic rings. The molecule has 10 heteroatoms. The van der Waals surface area contributed by atoms with Gasteiger partial charge in [0.1, 0.15) is 17.5 Å². The number of halogens is 2. The van der Waals surface area contributed by atoms with E-state index in [1.54, 1.807) is 24.3 Å². The molecule has 2 aromatic carbocycles. The Morgan fingerprint density at radius 2 is 1.68 bits per heavy atom. The van der Waals surface area contributed by atoms with Crippen molar-refractivity contribution in [3.63, 3.8) is 0 Å². The molecule has 0 aromatic heterocycles. The summed E-state index contributed by atoms with van der Waals surface area (Å²) in [5.74, 6) is 0.278. The van der Waals surface area contributed by atoms with Crippen molar-refractivity contribution in [2.45, 2.75) is 10.9 Å². The van der Waals surface area contributed by atoms with Gasteiger partial charge in [-0.3, -0.25) is 4.79 Å². The Morgan fingerprint density at radius 3 is 2.21 bits per heavy atom. The summed E-state index contributed by atoms with van der Waals surface area (Å²) in [6, 6.07) is 11.4. The summed E-state index contributed by atoms with van der Waals surface area (Å²) < 4.78 is 42.9. The second-order valence-electron chi connectivity index (χ2n) is 5.49. The molecule has 0 saturated carbocycles. The minimum atomic E-state index is -3.96. The number of alkyl halides is 1. The molecular formula is C18H19BrClNO6S. The number of ether oxygens (including phenoxy) is 3. The second-order valence-corrected chi connectivity index (χ2v) is 8.43. The van der Waals surface area contributed by atoms with Crippen LogP contribution in [0.1, 0.15) is 0 Å². The molecule has 0 aliphatic heterocycles. The Morgan fingerprint density at radius 1 is 1.11 bits per heavy atom. The van der Waals surface area contributed by atoms with E-state index in [-0.39, 0.29) is 11.5 Å². The van der Waals surface area contributed by atoms with Gasteiger partial charge in [-0.1, -0.05) is 27.5 Å². The topological polar surface area (TPSA) is 90.9 Å². The number of hydrogen-bond donors (Lipinski definition) is 1. The van der Waals surface area contributed by atoms with Crippen LogP contribution >= 0.6 is 27.5 Å². The molecule has 1 atom stereocenters. The van der Waals surface area contributed by atoms with Crippen molar-refractivity contribution in [1.29, 1.82) is 0 Å². The van der Waals surface area contributed by atoms with Crippen LogP contribution in [0.4, 0.5) is 0 Å². The highest BCUT2D eigenvalue weighted by atomic mass is 79.9. The Labute approximate surface area is 177 Å². The standard InChI is InChI=1S/C18H19BrClNO6S/c1-25-18(22)17(12-26-11-10-19)21-28(23,24)16-8-6-15(7-9-16)27-14-4-2-13(20)3-5-14/h2-9,17,21H,10-12H2,1H3/t17-/m1/s1. The zero-order valence-corrected chi connectivity index (χ0v) is 18.1. The number of carbonyl (C=O) groups is 1. The number of rotatable bonds is 10. The van der Waals surface area contributed by atoms with E-state index in [0.717, 1.165) is 0 Å². The number of sulfonamides is 1. The van der Waals surface area contributed by atoms with Gasteiger partial charge < -0.3 is 14.2 Å². The van der Waals surface area contributed by atoms with Crippen molar-refractivity contribution < 1.29 is 27.4 Å². The predicted molar refractivity (Wildman–Crippen MR) is 109 cm³/mol. The normalized spacial score (nSPS) is 12.4. The molecule has 2 aromatic rings. The highest BCUT2D eigenvalue weighted by Gasteiger charge is 2.26. The van der Waals surface area contributed by atoms with Gasteiger partial charge in [0.05, 0.1) is 25.2 Å². The van der Waals surface area contributed by atoms with Crippen molar-refractivity contribution in [3.8, 4) is 11.5 Å². The molecule has 0 spiro atoms. The zero-order valence-electron chi connectivity index (χ0n) is 14.9. The molecule has 7 nitrogen and oxygen atoms in total. The third-order valence-corrected chi connectivity index (χ3v) is 5.54. The van der Waals surface area contributed by atoms with E-state index in [2.05, 4.69) is 25.4 Å². The first kappa shape index (κ1) is 22.6. The molecule has 0 heterocycles. The Hall–Kier alpha value is -1.65. The van der Waals surface area contributed by atoms with Crippen LogP contribution in [0.5, 0.6) is 11.5 Å². The van der Waals surface area contributed by atoms with Gasteiger partial charge in [-0.25, -0.2) is 8.42 Å². The third-order valence-electron chi connectivity index (χ3n) is 3.47. The first-order valence-electron chi connectivity index (χ1n) is 8.13. The van der Waals surface area contributed by atoms with Crippen LogP contribution in [-0.4, -0.2) is 46.1 Å². The average Bonchev–Trinajstić information content (AvgIpc) is 2.69. The fourth-order valence-electron chi connectivity index (χ4n) is 2.13. The van der Waals surface area contributed by atoms with Crippen LogP contribution < -0.4 is 9.46 Å². The van der Waals surface area contributed by atoms with Gasteiger partial charge in [-0.15, -0.1) is 0 Å². The summed E-state index contributed by atoms with van der Waals surface area (Å²) in [6.07, 6.45) is 0. The molecule has 0 amide bonds. The summed E-state index contributed by atoms with van der Waals surface area (Å²) in [4.78, 5) is 11.8. The summed E-state index contributed by atoms with van der Waals surface area (Å²) in [5.41, 5.74) is 0. The lowest BCUT2D eigenvalue weighted by atomic mass is 10.3. The SMILES string of the molecule is COC(=O)[C@@H](COCCBr)NS(=O)(=O)c1ccc(Oc2ccc(Cl)cc2)cc1. The maximum Gasteiger partial charge on any atom is 0.326 e. The van der Waals surface area contributed by atoms with Gasteiger partial charge in [0.15, 0.2) is 0 Å². The van der Waals surface area contributed by atoms with Gasteiger partial charge >= 0.3 is 5.97 Å². The number of methoxy groups -OCH3 is 1. The lowest BCUT2D eigenvalue weighted by Crippen LogP contribution is -2.44. The van der Waals surface area contributed by atoms with Crippen LogP contribution in [0.2, 0.25) is 5.02 Å². The second kappa shape index (κ2) is 10.8. The molecule has 0 bridgehead atoms. The van der Waals surface area contributed by atoms with Gasteiger partial charge in [0.2, 0.25) is 10.0 Å². The van der Waals surface area contributed by atoms with E-state index in [4.69, 9.17) is 21.1 Å². The molecule has 0 unspecified atom stereocenters. The monoisotopic (exact) mass is 491 g/mol. The van der Waals surface area contributed by atoms with E-state index in [0.29, 0.717) is 28.5 Å². The molecule has 0 fully saturated rings. The zero-order chi connectivity index (χ0) is 20.6. The van der Waals surface area contributed by atoms with E-state index in [1.807, 2.05) is 0 Å². The van der Waals surface area contributed by atoms with E-state index >= 15 is 0 Å². The molecule has 28 heavy (non-hydrogen) atoms. The predicted octanol–water partition coefficient (Wildman–Crippen LogP) is 3.36. The fraction of sp³-hybridized carbons (Fsp3) is 0.278. The summed E-state index contributed by atoms with van der Waals surface area (Å²) in [7, 11) is -2.78. The van der Waals surface area contributed by atoms with Crippen LogP contribution in [0.15, 0.2) is 53.4 Å². The molecule has 2 rings (SSSR count). The van der Waals surface area contributed by atoms with Crippen molar-refractivity contribution in [2.75, 3.05) is 25.7 Å². The first-order valence-corrected chi connectivity index (χ1v) is 11.1. The first-order chi connectivity index (χ1) is 13.4. The minimum Gasteiger partial charge on any atom is -0.468 e. The number of esters is 1. The molecule has 0 radical (unpaired) electrons. The van der Waals surface area contributed by atoms with Crippen molar-refractivity contribution >= 4 is 43.5 Å². The largest absolute Gasteiger partial charge is 0.468 e. The van der Waals surface area contributed by atoms with Crippen LogP contribution in [-0.2, 0) is 24.3 Å². The maximum atomic E-state index is 12.6. The number of carbonyl (C=O) groups excluding carboxylic acids is 1.